The molecule has 0 saturated heterocycles. The number of rotatable bonds is 6. The molecular formula is C15H24N2OS. The molecule has 1 fully saturated rings. The highest BCUT2D eigenvalue weighted by Gasteiger charge is 2.26. The van der Waals surface area contributed by atoms with E-state index in [1.54, 1.807) is 4.90 Å². The van der Waals surface area contributed by atoms with Crippen molar-refractivity contribution in [3.05, 3.63) is 22.4 Å². The van der Waals surface area contributed by atoms with Crippen LogP contribution in [0, 0.1) is 5.92 Å². The Hall–Kier alpha value is -0.870. The summed E-state index contributed by atoms with van der Waals surface area (Å²) in [6.07, 6.45) is 5.92. The Kier molecular flexibility index (Phi) is 5.40. The first kappa shape index (κ1) is 14.5. The monoisotopic (exact) mass is 280 g/mol. The maximum atomic E-state index is 11.6. The van der Waals surface area contributed by atoms with E-state index >= 15 is 0 Å². The molecule has 1 aliphatic rings. The van der Waals surface area contributed by atoms with Crippen LogP contribution in [0.1, 0.15) is 43.0 Å². The molecule has 1 amide bonds. The lowest BCUT2D eigenvalue weighted by Gasteiger charge is -2.24. The van der Waals surface area contributed by atoms with Gasteiger partial charge in [0.15, 0.2) is 0 Å². The first-order chi connectivity index (χ1) is 9.18. The van der Waals surface area contributed by atoms with Crippen molar-refractivity contribution in [3.8, 4) is 0 Å². The summed E-state index contributed by atoms with van der Waals surface area (Å²) in [5, 5.41) is 5.76. The summed E-state index contributed by atoms with van der Waals surface area (Å²) in [7, 11) is 3.63. The molecule has 1 aliphatic carbocycles. The van der Waals surface area contributed by atoms with Gasteiger partial charge in [0.2, 0.25) is 5.91 Å². The average Bonchev–Trinajstić information content (AvgIpc) is 3.07. The molecule has 1 aromatic heterocycles. The van der Waals surface area contributed by atoms with E-state index in [-0.39, 0.29) is 5.91 Å². The summed E-state index contributed by atoms with van der Waals surface area (Å²) >= 11 is 1.83. The molecule has 19 heavy (non-hydrogen) atoms. The van der Waals surface area contributed by atoms with Gasteiger partial charge in [-0.15, -0.1) is 11.3 Å². The zero-order chi connectivity index (χ0) is 13.7. The maximum Gasteiger partial charge on any atom is 0.223 e. The van der Waals surface area contributed by atoms with Crippen molar-refractivity contribution in [2.45, 2.75) is 38.1 Å². The van der Waals surface area contributed by atoms with Gasteiger partial charge in [0, 0.05) is 38.0 Å². The molecule has 4 heteroatoms. The molecule has 2 rings (SSSR count). The quantitative estimate of drug-likeness (QED) is 0.868. The summed E-state index contributed by atoms with van der Waals surface area (Å²) in [6, 6.07) is 4.78. The van der Waals surface area contributed by atoms with E-state index in [9.17, 15) is 4.79 Å². The van der Waals surface area contributed by atoms with Crippen molar-refractivity contribution in [1.29, 1.82) is 0 Å². The van der Waals surface area contributed by atoms with Gasteiger partial charge in [-0.05, 0) is 30.2 Å². The number of nitrogens with zero attached hydrogens (tertiary/aromatic N) is 1. The van der Waals surface area contributed by atoms with Gasteiger partial charge >= 0.3 is 0 Å². The number of hydrogen-bond donors (Lipinski definition) is 1. The molecule has 0 spiro atoms. The smallest absolute Gasteiger partial charge is 0.223 e. The standard InChI is InChI=1S/C15H24N2OS/c1-17(2)14(18)9-10-16-15(12-6-3-4-7-12)13-8-5-11-19-13/h5,8,11-12,15-16H,3-4,6-7,9-10H2,1-2H3. The Morgan fingerprint density at radius 3 is 2.79 bits per heavy atom. The van der Waals surface area contributed by atoms with E-state index < -0.39 is 0 Å². The second kappa shape index (κ2) is 7.06. The van der Waals surface area contributed by atoms with Gasteiger partial charge in [0.1, 0.15) is 0 Å². The highest BCUT2D eigenvalue weighted by Crippen LogP contribution is 2.37. The first-order valence-corrected chi connectivity index (χ1v) is 8.03. The van der Waals surface area contributed by atoms with Crippen molar-refractivity contribution in [1.82, 2.24) is 10.2 Å². The molecule has 106 valence electrons. The SMILES string of the molecule is CN(C)C(=O)CCNC(c1cccs1)C1CCCC1. The van der Waals surface area contributed by atoms with Crippen LogP contribution in [0.2, 0.25) is 0 Å². The van der Waals surface area contributed by atoms with Crippen LogP contribution in [0.25, 0.3) is 0 Å². The molecule has 1 saturated carbocycles. The third kappa shape index (κ3) is 4.05. The molecule has 0 radical (unpaired) electrons. The van der Waals surface area contributed by atoms with Gasteiger partial charge in [-0.1, -0.05) is 18.9 Å². The molecule has 1 heterocycles. The van der Waals surface area contributed by atoms with Crippen molar-refractivity contribution in [2.24, 2.45) is 5.92 Å². The number of carbonyl (C=O) groups excluding carboxylic acids is 1. The summed E-state index contributed by atoms with van der Waals surface area (Å²) in [5.74, 6) is 0.942. The minimum absolute atomic E-state index is 0.198. The minimum atomic E-state index is 0.198. The van der Waals surface area contributed by atoms with Crippen LogP contribution >= 0.6 is 11.3 Å². The molecule has 0 aromatic carbocycles. The van der Waals surface area contributed by atoms with Crippen LogP contribution in [0.4, 0.5) is 0 Å². The molecule has 1 unspecified atom stereocenters. The van der Waals surface area contributed by atoms with Gasteiger partial charge in [0.25, 0.3) is 0 Å². The fraction of sp³-hybridized carbons (Fsp3) is 0.667. The van der Waals surface area contributed by atoms with Crippen LogP contribution < -0.4 is 5.32 Å². The summed E-state index contributed by atoms with van der Waals surface area (Å²) in [5.41, 5.74) is 0. The molecule has 0 bridgehead atoms. The first-order valence-electron chi connectivity index (χ1n) is 7.15. The van der Waals surface area contributed by atoms with Crippen LogP contribution in [0.3, 0.4) is 0 Å². The number of thiophene rings is 1. The van der Waals surface area contributed by atoms with Crippen LogP contribution in [-0.2, 0) is 4.79 Å². The van der Waals surface area contributed by atoms with Crippen LogP contribution in [0.5, 0.6) is 0 Å². The molecule has 1 aromatic rings. The van der Waals surface area contributed by atoms with Gasteiger partial charge in [-0.3, -0.25) is 4.79 Å². The second-order valence-corrected chi connectivity index (χ2v) is 6.51. The second-order valence-electron chi connectivity index (χ2n) is 5.53. The molecular weight excluding hydrogens is 256 g/mol. The van der Waals surface area contributed by atoms with Gasteiger partial charge < -0.3 is 10.2 Å². The predicted molar refractivity (Wildman–Crippen MR) is 80.3 cm³/mol. The Bertz CT molecular complexity index is 383. The number of carbonyl (C=O) groups is 1. The normalized spacial score (nSPS) is 17.6. The molecule has 1 N–H and O–H groups in total. The Balaban J connectivity index is 1.89. The van der Waals surface area contributed by atoms with E-state index in [0.29, 0.717) is 12.5 Å². The van der Waals surface area contributed by atoms with Crippen molar-refractivity contribution in [2.75, 3.05) is 20.6 Å². The topological polar surface area (TPSA) is 32.3 Å². The van der Waals surface area contributed by atoms with Crippen molar-refractivity contribution >= 4 is 17.2 Å². The fourth-order valence-electron chi connectivity index (χ4n) is 2.82. The third-order valence-electron chi connectivity index (χ3n) is 3.92. The van der Waals surface area contributed by atoms with E-state index in [1.807, 2.05) is 25.4 Å². The Labute approximate surface area is 120 Å². The lowest BCUT2D eigenvalue weighted by atomic mass is 9.96. The third-order valence-corrected chi connectivity index (χ3v) is 4.88. The molecule has 0 aliphatic heterocycles. The number of amides is 1. The van der Waals surface area contributed by atoms with Crippen molar-refractivity contribution < 1.29 is 4.79 Å². The summed E-state index contributed by atoms with van der Waals surface area (Å²) < 4.78 is 0. The lowest BCUT2D eigenvalue weighted by Crippen LogP contribution is -2.31. The highest BCUT2D eigenvalue weighted by molar-refractivity contribution is 7.10. The summed E-state index contributed by atoms with van der Waals surface area (Å²) in [4.78, 5) is 14.7. The van der Waals surface area contributed by atoms with E-state index in [1.165, 1.54) is 30.6 Å². The Morgan fingerprint density at radius 1 is 1.47 bits per heavy atom. The fourth-order valence-corrected chi connectivity index (χ4v) is 3.71. The van der Waals surface area contributed by atoms with Crippen LogP contribution in [-0.4, -0.2) is 31.4 Å². The van der Waals surface area contributed by atoms with E-state index in [4.69, 9.17) is 0 Å². The minimum Gasteiger partial charge on any atom is -0.349 e. The number of hydrogen-bond acceptors (Lipinski definition) is 3. The van der Waals surface area contributed by atoms with E-state index in [2.05, 4.69) is 22.8 Å². The number of nitrogens with one attached hydrogen (secondary N) is 1. The van der Waals surface area contributed by atoms with Crippen molar-refractivity contribution in [3.63, 3.8) is 0 Å². The summed E-state index contributed by atoms with van der Waals surface area (Å²) in [6.45, 7) is 0.774. The largest absolute Gasteiger partial charge is 0.349 e. The predicted octanol–water partition coefficient (Wildman–Crippen LogP) is 3.05. The van der Waals surface area contributed by atoms with Crippen LogP contribution in [0.15, 0.2) is 17.5 Å². The van der Waals surface area contributed by atoms with Gasteiger partial charge in [-0.25, -0.2) is 0 Å². The lowest BCUT2D eigenvalue weighted by molar-refractivity contribution is -0.128. The Morgan fingerprint density at radius 2 is 2.21 bits per heavy atom. The highest BCUT2D eigenvalue weighted by atomic mass is 32.1. The molecule has 3 nitrogen and oxygen atoms in total. The maximum absolute atomic E-state index is 11.6. The van der Waals surface area contributed by atoms with E-state index in [0.717, 1.165) is 12.5 Å². The average molecular weight is 280 g/mol. The molecule has 1 atom stereocenters. The zero-order valence-electron chi connectivity index (χ0n) is 11.9. The van der Waals surface area contributed by atoms with Gasteiger partial charge in [-0.2, -0.15) is 0 Å². The zero-order valence-corrected chi connectivity index (χ0v) is 12.7. The van der Waals surface area contributed by atoms with Gasteiger partial charge in [0.05, 0.1) is 0 Å².